The van der Waals surface area contributed by atoms with E-state index in [1.54, 1.807) is 32.7 Å². The zero-order valence-corrected chi connectivity index (χ0v) is 47.7. The molecular weight excluding hydrogens is 1080 g/mol. The molecule has 1 atom stereocenters. The number of hydrogen-bond acceptors (Lipinski definition) is 14. The molecule has 1 aliphatic carbocycles. The molecule has 1 saturated carbocycles. The molecule has 5 fully saturated rings. The van der Waals surface area contributed by atoms with Crippen molar-refractivity contribution >= 4 is 86.5 Å². The second-order valence-electron chi connectivity index (χ2n) is 23.0. The van der Waals surface area contributed by atoms with Crippen molar-refractivity contribution in [3.8, 4) is 28.0 Å². The third-order valence-electron chi connectivity index (χ3n) is 17.8. The Labute approximate surface area is 469 Å². The predicted molar refractivity (Wildman–Crippen MR) is 312 cm³/mol. The van der Waals surface area contributed by atoms with Crippen molar-refractivity contribution < 1.29 is 28.5 Å². The van der Waals surface area contributed by atoms with Crippen molar-refractivity contribution in [1.82, 2.24) is 34.9 Å². The highest BCUT2D eigenvalue weighted by Gasteiger charge is 2.49. The summed E-state index contributed by atoms with van der Waals surface area (Å²) in [6.07, 6.45) is 15.4. The maximum Gasteiger partial charge on any atom is 0.262 e. The Morgan fingerprint density at radius 3 is 2.14 bits per heavy atom. The summed E-state index contributed by atoms with van der Waals surface area (Å²) in [7, 11) is 0.922. The first-order valence-electron chi connectivity index (χ1n) is 27.7. The van der Waals surface area contributed by atoms with Crippen LogP contribution in [0.3, 0.4) is 0 Å². The van der Waals surface area contributed by atoms with Crippen LogP contribution in [0.5, 0.6) is 5.75 Å². The number of aryl methyl sites for hydroxylation is 1. The van der Waals surface area contributed by atoms with Gasteiger partial charge in [0.15, 0.2) is 0 Å². The van der Waals surface area contributed by atoms with Gasteiger partial charge in [-0.15, -0.1) is 0 Å². The third kappa shape index (κ3) is 10.5. The van der Waals surface area contributed by atoms with Crippen molar-refractivity contribution in [2.24, 2.45) is 24.3 Å². The van der Waals surface area contributed by atoms with Crippen molar-refractivity contribution in [3.05, 3.63) is 113 Å². The largest absolute Gasteiger partial charge is 0.494 e. The minimum Gasteiger partial charge on any atom is -0.494 e. The number of rotatable bonds is 13. The summed E-state index contributed by atoms with van der Waals surface area (Å²) in [5.74, 6) is 1.08. The van der Waals surface area contributed by atoms with E-state index in [9.17, 15) is 23.7 Å². The fraction of sp³-hybridized carbons (Fsp3) is 0.417. The molecule has 4 aromatic carbocycles. The van der Waals surface area contributed by atoms with E-state index in [4.69, 9.17) is 9.72 Å². The molecular formula is C60H67BrN11O6P. The Kier molecular flexibility index (Phi) is 14.2. The second kappa shape index (κ2) is 21.3. The maximum atomic E-state index is 13.7. The summed E-state index contributed by atoms with van der Waals surface area (Å²) >= 11 is 3.65. The van der Waals surface area contributed by atoms with Crippen LogP contribution < -0.4 is 35.8 Å². The molecule has 1 unspecified atom stereocenters. The minimum atomic E-state index is -2.71. The molecule has 0 bridgehead atoms. The monoisotopic (exact) mass is 1150 g/mol. The molecule has 2 aromatic heterocycles. The normalized spacial score (nSPS) is 20.4. The SMILES string of the molecule is COc1cc(N2CCC(C3CCN(C4CC5(CCN(c6ccc7c(c6)C(=O)N(C6CCC(=O)NC6=O)C7=O)CC5)C4)CC3)CC2)c(-c2cnn(C)c2)cc1Nc1ncc(Br)c(Nc2ccc(-c3ccccc3)cc2P(C)(C)=O)n1. The number of nitrogens with zero attached hydrogens (tertiary/aromatic N) is 8. The van der Waals surface area contributed by atoms with E-state index in [0.29, 0.717) is 56.2 Å². The summed E-state index contributed by atoms with van der Waals surface area (Å²) in [5, 5.41) is 14.5. The summed E-state index contributed by atoms with van der Waals surface area (Å²) in [5.41, 5.74) is 8.59. The van der Waals surface area contributed by atoms with Gasteiger partial charge in [-0.2, -0.15) is 10.1 Å². The van der Waals surface area contributed by atoms with Crippen LogP contribution in [0.15, 0.2) is 102 Å². The van der Waals surface area contributed by atoms with Gasteiger partial charge in [0.1, 0.15) is 24.8 Å². The highest BCUT2D eigenvalue weighted by molar-refractivity contribution is 9.10. The molecule has 5 aliphatic heterocycles. The molecule has 6 aliphatic rings. The lowest BCUT2D eigenvalue weighted by Crippen LogP contribution is -2.56. The van der Waals surface area contributed by atoms with Gasteiger partial charge in [-0.1, -0.05) is 36.4 Å². The van der Waals surface area contributed by atoms with E-state index in [1.165, 1.54) is 25.7 Å². The van der Waals surface area contributed by atoms with E-state index in [2.05, 4.69) is 80.9 Å². The molecule has 4 saturated heterocycles. The van der Waals surface area contributed by atoms with E-state index in [0.717, 1.165) is 120 Å². The van der Waals surface area contributed by atoms with Gasteiger partial charge in [-0.25, -0.2) is 4.98 Å². The highest BCUT2D eigenvalue weighted by Crippen LogP contribution is 2.53. The number of likely N-dealkylation sites (tertiary alicyclic amines) is 1. The zero-order valence-electron chi connectivity index (χ0n) is 45.2. The Hall–Kier alpha value is -6.88. The lowest BCUT2D eigenvalue weighted by molar-refractivity contribution is -0.136. The van der Waals surface area contributed by atoms with Crippen molar-refractivity contribution in [1.29, 1.82) is 0 Å². The van der Waals surface area contributed by atoms with Gasteiger partial charge in [0.05, 0.1) is 40.3 Å². The number of halogens is 1. The lowest BCUT2D eigenvalue weighted by Gasteiger charge is -2.56. The molecule has 3 N–H and O–H groups in total. The van der Waals surface area contributed by atoms with Crippen LogP contribution in [0.4, 0.5) is 34.5 Å². The number of fused-ring (bicyclic) bond motifs is 1. The average molecular weight is 1150 g/mol. The van der Waals surface area contributed by atoms with Crippen LogP contribution >= 0.6 is 23.1 Å². The van der Waals surface area contributed by atoms with Gasteiger partial charge in [0, 0.05) is 92.0 Å². The van der Waals surface area contributed by atoms with Gasteiger partial charge in [-0.05, 0) is 165 Å². The fourth-order valence-electron chi connectivity index (χ4n) is 13.4. The lowest BCUT2D eigenvalue weighted by atomic mass is 9.59. The van der Waals surface area contributed by atoms with Crippen LogP contribution in [0, 0.1) is 17.3 Å². The van der Waals surface area contributed by atoms with Crippen LogP contribution in [-0.4, -0.2) is 125 Å². The smallest absolute Gasteiger partial charge is 0.262 e. The Balaban J connectivity index is 0.654. The van der Waals surface area contributed by atoms with Gasteiger partial charge >= 0.3 is 0 Å². The topological polar surface area (TPSA) is 187 Å². The van der Waals surface area contributed by atoms with E-state index >= 15 is 0 Å². The average Bonchev–Trinajstić information content (AvgIpc) is 4.21. The second-order valence-corrected chi connectivity index (χ2v) is 27.0. The maximum absolute atomic E-state index is 13.7. The standard InChI is InChI=1S/C60H67BrN11O6P/c1-68-36-41(34-63-68)45-30-49(65-59-62-35-47(61)55(67-59)64-48-13-10-40(28-53(48)79(3,4)77)37-8-6-5-7-9-37)52(78-2)31-51(45)71-24-18-39(19-25-71)38-16-22-69(23-17-38)43-32-60(33-43)20-26-70(27-21-60)42-11-12-44-46(29-42)58(76)72(57(44)75)50-14-15-54(73)66-56(50)74/h5-13,28-31,34-36,38-39,43,50H,14-27,32-33H2,1-4H3,(H,66,73,74)(H2,62,64,65,67). The number of anilines is 6. The quantitative estimate of drug-likeness (QED) is 0.0733. The number of ether oxygens (including phenoxy) is 1. The summed E-state index contributed by atoms with van der Waals surface area (Å²) < 4.78 is 22.3. The van der Waals surface area contributed by atoms with Crippen LogP contribution in [0.1, 0.15) is 84.9 Å². The molecule has 6 aromatic rings. The number of carbonyl (C=O) groups excluding carboxylic acids is 4. The molecule has 12 rings (SSSR count). The number of aromatic nitrogens is 4. The number of amides is 4. The summed E-state index contributed by atoms with van der Waals surface area (Å²) in [4.78, 5) is 69.3. The van der Waals surface area contributed by atoms with E-state index in [1.807, 2.05) is 72.7 Å². The van der Waals surface area contributed by atoms with Gasteiger partial charge in [-0.3, -0.25) is 34.1 Å². The van der Waals surface area contributed by atoms with Gasteiger partial charge in [0.25, 0.3) is 11.8 Å². The van der Waals surface area contributed by atoms with Crippen molar-refractivity contribution in [2.45, 2.75) is 76.3 Å². The molecule has 7 heterocycles. The molecule has 4 amide bonds. The van der Waals surface area contributed by atoms with E-state index in [-0.39, 0.29) is 18.7 Å². The molecule has 410 valence electrons. The summed E-state index contributed by atoms with van der Waals surface area (Å²) in [6, 6.07) is 25.5. The fourth-order valence-corrected chi connectivity index (χ4v) is 14.9. The minimum absolute atomic E-state index is 0.0999. The van der Waals surface area contributed by atoms with Crippen LogP contribution in [-0.2, 0) is 21.2 Å². The number of imide groups is 2. The number of hydrogen-bond donors (Lipinski definition) is 3. The highest BCUT2D eigenvalue weighted by atomic mass is 79.9. The molecule has 79 heavy (non-hydrogen) atoms. The van der Waals surface area contributed by atoms with Crippen molar-refractivity contribution in [3.63, 3.8) is 0 Å². The zero-order chi connectivity index (χ0) is 54.7. The van der Waals surface area contributed by atoms with Crippen LogP contribution in [0.2, 0.25) is 0 Å². The van der Waals surface area contributed by atoms with Crippen molar-refractivity contribution in [2.75, 3.05) is 80.1 Å². The Morgan fingerprint density at radius 2 is 1.46 bits per heavy atom. The number of carbonyl (C=O) groups is 4. The first-order valence-corrected chi connectivity index (χ1v) is 31.1. The molecule has 0 radical (unpaired) electrons. The number of benzene rings is 4. The number of methoxy groups -OCH3 is 1. The Morgan fingerprint density at radius 1 is 0.734 bits per heavy atom. The van der Waals surface area contributed by atoms with Gasteiger partial charge < -0.3 is 34.6 Å². The predicted octanol–water partition coefficient (Wildman–Crippen LogP) is 9.83. The first kappa shape index (κ1) is 52.8. The van der Waals surface area contributed by atoms with Crippen LogP contribution in [0.25, 0.3) is 22.3 Å². The molecule has 17 nitrogen and oxygen atoms in total. The number of nitrogens with one attached hydrogen (secondary N) is 3. The van der Waals surface area contributed by atoms with E-state index < -0.39 is 30.9 Å². The molecule has 19 heteroatoms. The summed E-state index contributed by atoms with van der Waals surface area (Å²) in [6.45, 7) is 9.61. The Bertz CT molecular complexity index is 3410. The molecule has 1 spiro atoms. The first-order chi connectivity index (χ1) is 38.1. The number of piperidine rings is 4. The third-order valence-corrected chi connectivity index (χ3v) is 20.0. The van der Waals surface area contributed by atoms with Gasteiger partial charge in [0.2, 0.25) is 17.8 Å².